The van der Waals surface area contributed by atoms with E-state index in [2.05, 4.69) is 50.9 Å². The van der Waals surface area contributed by atoms with Gasteiger partial charge in [-0.25, -0.2) is 0 Å². The van der Waals surface area contributed by atoms with E-state index in [0.717, 1.165) is 45.1 Å². The fraction of sp³-hybridized carbons (Fsp3) is 0.636. The SMILES string of the molecule is CN=C(NCC(c1ccccc1)N1CCCC1)NC1CCN(C(=O)C(C)C)C1. The Balaban J connectivity index is 1.56. The smallest absolute Gasteiger partial charge is 0.225 e. The molecule has 154 valence electrons. The lowest BCUT2D eigenvalue weighted by molar-refractivity contribution is -0.133. The monoisotopic (exact) mass is 385 g/mol. The lowest BCUT2D eigenvalue weighted by Crippen LogP contribution is -2.47. The highest BCUT2D eigenvalue weighted by Gasteiger charge is 2.28. The third-order valence-corrected chi connectivity index (χ3v) is 5.79. The van der Waals surface area contributed by atoms with Crippen LogP contribution in [0.25, 0.3) is 0 Å². The first-order valence-corrected chi connectivity index (χ1v) is 10.6. The first kappa shape index (κ1) is 20.6. The number of hydrogen-bond acceptors (Lipinski definition) is 3. The molecule has 2 aliphatic rings. The van der Waals surface area contributed by atoms with Gasteiger partial charge in [0, 0.05) is 38.6 Å². The molecular weight excluding hydrogens is 350 g/mol. The van der Waals surface area contributed by atoms with Gasteiger partial charge in [-0.1, -0.05) is 44.2 Å². The minimum absolute atomic E-state index is 0.0586. The Labute approximate surface area is 169 Å². The number of nitrogens with zero attached hydrogens (tertiary/aromatic N) is 3. The number of carbonyl (C=O) groups is 1. The molecular formula is C22H35N5O. The largest absolute Gasteiger partial charge is 0.354 e. The first-order valence-electron chi connectivity index (χ1n) is 10.6. The third-order valence-electron chi connectivity index (χ3n) is 5.79. The van der Waals surface area contributed by atoms with Crippen molar-refractivity contribution in [2.75, 3.05) is 39.8 Å². The van der Waals surface area contributed by atoms with Gasteiger partial charge in [-0.15, -0.1) is 0 Å². The van der Waals surface area contributed by atoms with Gasteiger partial charge in [0.25, 0.3) is 0 Å². The molecule has 2 aliphatic heterocycles. The molecule has 2 fully saturated rings. The number of guanidine groups is 1. The summed E-state index contributed by atoms with van der Waals surface area (Å²) in [7, 11) is 1.81. The van der Waals surface area contributed by atoms with Crippen molar-refractivity contribution in [2.45, 2.75) is 45.2 Å². The van der Waals surface area contributed by atoms with E-state index in [9.17, 15) is 4.79 Å². The van der Waals surface area contributed by atoms with E-state index >= 15 is 0 Å². The van der Waals surface area contributed by atoms with E-state index in [0.29, 0.717) is 6.04 Å². The predicted molar refractivity (Wildman–Crippen MR) is 114 cm³/mol. The minimum Gasteiger partial charge on any atom is -0.354 e. The summed E-state index contributed by atoms with van der Waals surface area (Å²) in [4.78, 5) is 21.2. The summed E-state index contributed by atoms with van der Waals surface area (Å²) < 4.78 is 0. The van der Waals surface area contributed by atoms with Crippen LogP contribution in [0.1, 0.15) is 44.7 Å². The minimum atomic E-state index is 0.0586. The van der Waals surface area contributed by atoms with Crippen molar-refractivity contribution in [3.63, 3.8) is 0 Å². The molecule has 2 atom stereocenters. The fourth-order valence-electron chi connectivity index (χ4n) is 4.21. The van der Waals surface area contributed by atoms with Crippen LogP contribution < -0.4 is 10.6 Å². The molecule has 2 heterocycles. The van der Waals surface area contributed by atoms with Crippen LogP contribution >= 0.6 is 0 Å². The van der Waals surface area contributed by atoms with Gasteiger partial charge in [-0.2, -0.15) is 0 Å². The van der Waals surface area contributed by atoms with Crippen LogP contribution in [0.5, 0.6) is 0 Å². The second-order valence-electron chi connectivity index (χ2n) is 8.19. The van der Waals surface area contributed by atoms with E-state index in [1.807, 2.05) is 25.8 Å². The number of aliphatic imine (C=N–C) groups is 1. The van der Waals surface area contributed by atoms with E-state index in [-0.39, 0.29) is 17.9 Å². The maximum absolute atomic E-state index is 12.2. The second kappa shape index (κ2) is 9.92. The molecule has 6 heteroatoms. The van der Waals surface area contributed by atoms with Crippen molar-refractivity contribution in [3.8, 4) is 0 Å². The highest BCUT2D eigenvalue weighted by Crippen LogP contribution is 2.24. The van der Waals surface area contributed by atoms with Gasteiger partial charge in [-0.05, 0) is 37.9 Å². The van der Waals surface area contributed by atoms with Crippen LogP contribution in [0.3, 0.4) is 0 Å². The Bertz CT molecular complexity index is 654. The molecule has 2 saturated heterocycles. The van der Waals surface area contributed by atoms with E-state index in [1.54, 1.807) is 0 Å². The molecule has 0 saturated carbocycles. The quantitative estimate of drug-likeness (QED) is 0.582. The van der Waals surface area contributed by atoms with Crippen molar-refractivity contribution in [1.29, 1.82) is 0 Å². The first-order chi connectivity index (χ1) is 13.6. The van der Waals surface area contributed by atoms with Gasteiger partial charge in [0.2, 0.25) is 5.91 Å². The summed E-state index contributed by atoms with van der Waals surface area (Å²) in [5.74, 6) is 1.12. The average molecular weight is 386 g/mol. The molecule has 28 heavy (non-hydrogen) atoms. The lowest BCUT2D eigenvalue weighted by Gasteiger charge is -2.29. The van der Waals surface area contributed by atoms with Crippen molar-refractivity contribution < 1.29 is 4.79 Å². The zero-order valence-electron chi connectivity index (χ0n) is 17.5. The summed E-state index contributed by atoms with van der Waals surface area (Å²) in [5, 5.41) is 7.05. The van der Waals surface area contributed by atoms with Crippen molar-refractivity contribution in [3.05, 3.63) is 35.9 Å². The number of carbonyl (C=O) groups excluding carboxylic acids is 1. The zero-order valence-corrected chi connectivity index (χ0v) is 17.5. The van der Waals surface area contributed by atoms with Crippen LogP contribution in [0, 0.1) is 5.92 Å². The third kappa shape index (κ3) is 5.25. The highest BCUT2D eigenvalue weighted by molar-refractivity contribution is 5.81. The standard InChI is InChI=1S/C22H35N5O/c1-17(2)21(28)27-14-11-19(16-27)25-22(23-3)24-15-20(26-12-7-8-13-26)18-9-5-4-6-10-18/h4-6,9-10,17,19-20H,7-8,11-16H2,1-3H3,(H2,23,24,25). The number of rotatable bonds is 6. The summed E-state index contributed by atoms with van der Waals surface area (Å²) >= 11 is 0. The summed E-state index contributed by atoms with van der Waals surface area (Å²) in [6.07, 6.45) is 3.52. The number of hydrogen-bond donors (Lipinski definition) is 2. The van der Waals surface area contributed by atoms with Crippen LogP contribution in [0.15, 0.2) is 35.3 Å². The van der Waals surface area contributed by atoms with Crippen LogP contribution in [0.2, 0.25) is 0 Å². The maximum atomic E-state index is 12.2. The number of likely N-dealkylation sites (tertiary alicyclic amines) is 2. The highest BCUT2D eigenvalue weighted by atomic mass is 16.2. The average Bonchev–Trinajstić information content (AvgIpc) is 3.39. The Hall–Kier alpha value is -2.08. The van der Waals surface area contributed by atoms with E-state index < -0.39 is 0 Å². The summed E-state index contributed by atoms with van der Waals surface area (Å²) in [6, 6.07) is 11.3. The molecule has 3 rings (SSSR count). The summed E-state index contributed by atoms with van der Waals surface area (Å²) in [5.41, 5.74) is 1.35. The molecule has 0 bridgehead atoms. The van der Waals surface area contributed by atoms with Gasteiger partial charge in [0.1, 0.15) is 0 Å². The van der Waals surface area contributed by atoms with Gasteiger partial charge in [-0.3, -0.25) is 14.7 Å². The normalized spacial score (nSPS) is 21.9. The predicted octanol–water partition coefficient (Wildman–Crippen LogP) is 2.25. The van der Waals surface area contributed by atoms with Gasteiger partial charge >= 0.3 is 0 Å². The van der Waals surface area contributed by atoms with Gasteiger partial charge < -0.3 is 15.5 Å². The number of amides is 1. The van der Waals surface area contributed by atoms with Crippen LogP contribution in [-0.2, 0) is 4.79 Å². The molecule has 6 nitrogen and oxygen atoms in total. The molecule has 0 radical (unpaired) electrons. The van der Waals surface area contributed by atoms with Gasteiger partial charge in [0.15, 0.2) is 5.96 Å². The van der Waals surface area contributed by atoms with Crippen LogP contribution in [-0.4, -0.2) is 67.5 Å². The molecule has 1 aromatic carbocycles. The Morgan fingerprint density at radius 1 is 1.18 bits per heavy atom. The molecule has 2 unspecified atom stereocenters. The molecule has 2 N–H and O–H groups in total. The molecule has 1 amide bonds. The van der Waals surface area contributed by atoms with Crippen molar-refractivity contribution in [1.82, 2.24) is 20.4 Å². The Morgan fingerprint density at radius 2 is 1.89 bits per heavy atom. The second-order valence-corrected chi connectivity index (χ2v) is 8.19. The number of benzene rings is 1. The van der Waals surface area contributed by atoms with Crippen LogP contribution in [0.4, 0.5) is 0 Å². The van der Waals surface area contributed by atoms with Crippen molar-refractivity contribution in [2.24, 2.45) is 10.9 Å². The maximum Gasteiger partial charge on any atom is 0.225 e. The van der Waals surface area contributed by atoms with Crippen molar-refractivity contribution >= 4 is 11.9 Å². The van der Waals surface area contributed by atoms with Gasteiger partial charge in [0.05, 0.1) is 6.04 Å². The molecule has 1 aromatic rings. The Morgan fingerprint density at radius 3 is 2.54 bits per heavy atom. The molecule has 0 spiro atoms. The van der Waals surface area contributed by atoms with E-state index in [1.165, 1.54) is 18.4 Å². The zero-order chi connectivity index (χ0) is 19.9. The fourth-order valence-corrected chi connectivity index (χ4v) is 4.21. The molecule has 0 aromatic heterocycles. The van der Waals surface area contributed by atoms with E-state index in [4.69, 9.17) is 0 Å². The molecule has 0 aliphatic carbocycles. The topological polar surface area (TPSA) is 60.0 Å². The summed E-state index contributed by atoms with van der Waals surface area (Å²) in [6.45, 7) is 8.64. The number of nitrogens with one attached hydrogen (secondary N) is 2. The lowest BCUT2D eigenvalue weighted by atomic mass is 10.1. The Kier molecular flexibility index (Phi) is 7.31.